The third-order valence-electron chi connectivity index (χ3n) is 8.73. The molecule has 35 heavy (non-hydrogen) atoms. The number of likely N-dealkylation sites (tertiary alicyclic amines) is 1. The fourth-order valence-corrected chi connectivity index (χ4v) is 8.14. The normalized spacial score (nSPS) is 35.5. The molecule has 186 valence electrons. The number of anilines is 1. The first kappa shape index (κ1) is 21.9. The van der Waals surface area contributed by atoms with Gasteiger partial charge in [0.25, 0.3) is 5.91 Å². The van der Waals surface area contributed by atoms with Crippen LogP contribution in [-0.4, -0.2) is 63.9 Å². The quantitative estimate of drug-likeness (QED) is 0.583. The molecule has 0 radical (unpaired) electrons. The molecule has 2 heterocycles. The smallest absolute Gasteiger partial charge is 0.410 e. The predicted octanol–water partition coefficient (Wildman–Crippen LogP) is 3.75. The van der Waals surface area contributed by atoms with Crippen LogP contribution >= 0.6 is 11.3 Å². The van der Waals surface area contributed by atoms with Crippen molar-refractivity contribution in [3.05, 3.63) is 23.8 Å². The molecule has 5 aliphatic carbocycles. The van der Waals surface area contributed by atoms with Crippen molar-refractivity contribution in [1.29, 1.82) is 0 Å². The van der Waals surface area contributed by atoms with E-state index in [1.54, 1.807) is 11.3 Å². The maximum Gasteiger partial charge on any atom is 0.410 e. The second-order valence-corrected chi connectivity index (χ2v) is 12.6. The molecular formula is C26H32N4O4S. The highest BCUT2D eigenvalue weighted by atomic mass is 32.1. The molecule has 3 N–H and O–H groups in total. The Hall–Kier alpha value is -2.39. The molecule has 1 aliphatic heterocycles. The molecule has 3 atom stereocenters. The molecule has 0 spiro atoms. The fourth-order valence-electron chi connectivity index (χ4n) is 7.16. The third kappa shape index (κ3) is 4.16. The van der Waals surface area contributed by atoms with E-state index in [-0.39, 0.29) is 24.1 Å². The lowest BCUT2D eigenvalue weighted by molar-refractivity contribution is -0.177. The Morgan fingerprint density at radius 3 is 2.66 bits per heavy atom. The molecule has 8 rings (SSSR count). The molecule has 8 nitrogen and oxygen atoms in total. The van der Waals surface area contributed by atoms with Gasteiger partial charge >= 0.3 is 6.09 Å². The van der Waals surface area contributed by atoms with E-state index in [4.69, 9.17) is 4.74 Å². The van der Waals surface area contributed by atoms with Crippen LogP contribution in [0.4, 0.5) is 9.93 Å². The van der Waals surface area contributed by atoms with E-state index in [0.717, 1.165) is 66.7 Å². The number of carbonyl (C=O) groups excluding carboxylic acids is 2. The standard InChI is InChI=1S/C26H32N4O4S/c31-23(27-18-2-3-18)15-1-4-20-21(9-15)35-24(29-20)28-19-5-6-30(13-19)25(32)34-22-16-7-14-8-17(22)12-26(33,10-14)11-16/h1,4,9,14,16-19,22,33H,2-3,5-8,10-13H2,(H,27,31)(H,28,29)/t14?,16?,17?,19-,22?,26?/m1/s1. The lowest BCUT2D eigenvalue weighted by Gasteiger charge is -2.57. The Labute approximate surface area is 208 Å². The Morgan fingerprint density at radius 1 is 1.11 bits per heavy atom. The minimum atomic E-state index is -0.513. The summed E-state index contributed by atoms with van der Waals surface area (Å²) >= 11 is 1.54. The van der Waals surface area contributed by atoms with Gasteiger partial charge in [0.15, 0.2) is 5.13 Å². The molecule has 1 aromatic heterocycles. The molecule has 9 heteroatoms. The predicted molar refractivity (Wildman–Crippen MR) is 132 cm³/mol. The highest BCUT2D eigenvalue weighted by Gasteiger charge is 2.56. The number of ether oxygens (including phenoxy) is 1. The molecule has 6 fully saturated rings. The van der Waals surface area contributed by atoms with Gasteiger partial charge in [0, 0.05) is 30.7 Å². The second-order valence-electron chi connectivity index (χ2n) is 11.6. The van der Waals surface area contributed by atoms with Crippen LogP contribution in [0.1, 0.15) is 61.7 Å². The lowest BCUT2D eigenvalue weighted by Crippen LogP contribution is -2.58. The lowest BCUT2D eigenvalue weighted by atomic mass is 9.53. The van der Waals surface area contributed by atoms with Crippen LogP contribution in [0.15, 0.2) is 18.2 Å². The van der Waals surface area contributed by atoms with E-state index in [9.17, 15) is 14.7 Å². The second kappa shape index (κ2) is 8.06. The van der Waals surface area contributed by atoms with E-state index in [0.29, 0.717) is 42.4 Å². The molecule has 2 aromatic rings. The van der Waals surface area contributed by atoms with Crippen molar-refractivity contribution in [1.82, 2.24) is 15.2 Å². The maximum absolute atomic E-state index is 13.0. The average Bonchev–Trinajstić information content (AvgIpc) is 3.34. The molecule has 1 aromatic carbocycles. The van der Waals surface area contributed by atoms with Gasteiger partial charge in [-0.2, -0.15) is 0 Å². The summed E-state index contributed by atoms with van der Waals surface area (Å²) in [6.07, 6.45) is 7.40. The maximum atomic E-state index is 13.0. The number of aliphatic hydroxyl groups is 1. The number of hydrogen-bond acceptors (Lipinski definition) is 7. The summed E-state index contributed by atoms with van der Waals surface area (Å²) in [6, 6.07) is 6.11. The van der Waals surface area contributed by atoms with E-state index >= 15 is 0 Å². The minimum Gasteiger partial charge on any atom is -0.446 e. The number of hydrogen-bond donors (Lipinski definition) is 3. The molecule has 4 bridgehead atoms. The summed E-state index contributed by atoms with van der Waals surface area (Å²) in [4.78, 5) is 31.9. The molecule has 5 saturated carbocycles. The number of carbonyl (C=O) groups is 2. The number of benzene rings is 1. The van der Waals surface area contributed by atoms with Crippen molar-refractivity contribution < 1.29 is 19.4 Å². The van der Waals surface area contributed by atoms with Gasteiger partial charge < -0.3 is 25.4 Å². The molecular weight excluding hydrogens is 464 g/mol. The van der Waals surface area contributed by atoms with Crippen molar-refractivity contribution in [2.24, 2.45) is 17.8 Å². The topological polar surface area (TPSA) is 104 Å². The van der Waals surface area contributed by atoms with Gasteiger partial charge in [-0.3, -0.25) is 4.79 Å². The van der Waals surface area contributed by atoms with Crippen molar-refractivity contribution in [3.8, 4) is 0 Å². The summed E-state index contributed by atoms with van der Waals surface area (Å²) in [5.41, 5.74) is 1.03. The van der Waals surface area contributed by atoms with Gasteiger partial charge in [-0.25, -0.2) is 9.78 Å². The SMILES string of the molecule is O=C(NC1CC1)c1ccc2nc(N[C@@H]3CCN(C(=O)OC4C5CC6CC4CC(O)(C6)C5)C3)sc2c1. The molecule has 6 aliphatic rings. The number of amides is 2. The molecule has 2 amide bonds. The van der Waals surface area contributed by atoms with E-state index in [1.165, 1.54) is 0 Å². The van der Waals surface area contributed by atoms with Gasteiger partial charge in [0.2, 0.25) is 0 Å². The summed E-state index contributed by atoms with van der Waals surface area (Å²) in [7, 11) is 0. The number of aromatic nitrogens is 1. The van der Waals surface area contributed by atoms with Crippen LogP contribution in [0.25, 0.3) is 10.2 Å². The highest BCUT2D eigenvalue weighted by molar-refractivity contribution is 7.22. The summed E-state index contributed by atoms with van der Waals surface area (Å²) in [5, 5.41) is 18.1. The Balaban J connectivity index is 0.962. The first-order valence-corrected chi connectivity index (χ1v) is 13.9. The largest absolute Gasteiger partial charge is 0.446 e. The zero-order valence-electron chi connectivity index (χ0n) is 19.7. The number of nitrogens with zero attached hydrogens (tertiary/aromatic N) is 2. The van der Waals surface area contributed by atoms with Crippen molar-refractivity contribution in [3.63, 3.8) is 0 Å². The first-order valence-electron chi connectivity index (χ1n) is 13.1. The monoisotopic (exact) mass is 496 g/mol. The summed E-state index contributed by atoms with van der Waals surface area (Å²) in [5.74, 6) is 1.21. The van der Waals surface area contributed by atoms with Crippen LogP contribution in [0.5, 0.6) is 0 Å². The average molecular weight is 497 g/mol. The van der Waals surface area contributed by atoms with E-state index in [2.05, 4.69) is 15.6 Å². The molecule has 2 unspecified atom stereocenters. The third-order valence-corrected chi connectivity index (χ3v) is 9.68. The summed E-state index contributed by atoms with van der Waals surface area (Å²) < 4.78 is 7.05. The number of thiazole rings is 1. The van der Waals surface area contributed by atoms with Crippen LogP contribution in [0.3, 0.4) is 0 Å². The summed E-state index contributed by atoms with van der Waals surface area (Å²) in [6.45, 7) is 1.26. The van der Waals surface area contributed by atoms with Gasteiger partial charge in [-0.05, 0) is 87.3 Å². The number of rotatable bonds is 5. The Morgan fingerprint density at radius 2 is 1.91 bits per heavy atom. The van der Waals surface area contributed by atoms with Gasteiger partial charge in [-0.15, -0.1) is 0 Å². The van der Waals surface area contributed by atoms with Crippen LogP contribution in [0.2, 0.25) is 0 Å². The van der Waals surface area contributed by atoms with Gasteiger partial charge in [0.05, 0.1) is 15.8 Å². The van der Waals surface area contributed by atoms with Crippen molar-refractivity contribution in [2.75, 3.05) is 18.4 Å². The molecule has 1 saturated heterocycles. The number of fused-ring (bicyclic) bond motifs is 1. The van der Waals surface area contributed by atoms with Crippen LogP contribution < -0.4 is 10.6 Å². The minimum absolute atomic E-state index is 0.0180. The van der Waals surface area contributed by atoms with E-state index < -0.39 is 5.60 Å². The van der Waals surface area contributed by atoms with Gasteiger partial charge in [-0.1, -0.05) is 11.3 Å². The van der Waals surface area contributed by atoms with Crippen molar-refractivity contribution >= 4 is 38.7 Å². The Kier molecular flexibility index (Phi) is 5.03. The van der Waals surface area contributed by atoms with Gasteiger partial charge in [0.1, 0.15) is 6.10 Å². The Bertz CT molecular complexity index is 1160. The fraction of sp³-hybridized carbons (Fsp3) is 0.654. The zero-order chi connectivity index (χ0) is 23.7. The highest BCUT2D eigenvalue weighted by Crippen LogP contribution is 2.56. The van der Waals surface area contributed by atoms with Crippen molar-refractivity contribution in [2.45, 2.75) is 75.2 Å². The van der Waals surface area contributed by atoms with E-state index in [1.807, 2.05) is 23.1 Å². The first-order chi connectivity index (χ1) is 16.9. The van der Waals surface area contributed by atoms with Crippen LogP contribution in [-0.2, 0) is 4.74 Å². The number of nitrogens with one attached hydrogen (secondary N) is 2. The van der Waals surface area contributed by atoms with Crippen LogP contribution in [0, 0.1) is 17.8 Å². The zero-order valence-corrected chi connectivity index (χ0v) is 20.6.